The number of rotatable bonds is 16. The number of imidazole rings is 2. The van der Waals surface area contributed by atoms with Crippen LogP contribution >= 0.6 is 0 Å². The van der Waals surface area contributed by atoms with Gasteiger partial charge in [-0.1, -0.05) is 64.2 Å². The molecule has 4 aliphatic rings. The smallest absolute Gasteiger partial charge is 0.304 e. The van der Waals surface area contributed by atoms with E-state index in [4.69, 9.17) is 18.9 Å². The molecule has 2 saturated carbocycles. The molecular formula is C42H58N6O6. The van der Waals surface area contributed by atoms with Gasteiger partial charge in [-0.3, -0.25) is 9.59 Å². The molecular weight excluding hydrogens is 684 g/mol. The van der Waals surface area contributed by atoms with E-state index in [1.807, 2.05) is 18.2 Å². The fraction of sp³-hybridized carbons (Fsp3) is 0.619. The summed E-state index contributed by atoms with van der Waals surface area (Å²) in [6.45, 7) is 6.45. The van der Waals surface area contributed by atoms with E-state index < -0.39 is 0 Å². The summed E-state index contributed by atoms with van der Waals surface area (Å²) in [7, 11) is 3.15. The molecule has 0 atom stereocenters. The van der Waals surface area contributed by atoms with E-state index >= 15 is 0 Å². The molecule has 0 spiro atoms. The number of methoxy groups -OCH3 is 2. The van der Waals surface area contributed by atoms with Gasteiger partial charge in [0, 0.05) is 50.4 Å². The zero-order chi connectivity index (χ0) is 37.3. The van der Waals surface area contributed by atoms with Crippen LogP contribution in [0.2, 0.25) is 0 Å². The third-order valence-electron chi connectivity index (χ3n) is 11.2. The van der Waals surface area contributed by atoms with Gasteiger partial charge >= 0.3 is 12.0 Å². The number of hydrogen-bond donors (Lipinski definition) is 0. The number of carbonyl (C=O) groups excluding carboxylic acids is 2. The lowest BCUT2D eigenvalue weighted by atomic mass is 10.1. The number of aromatic nitrogens is 4. The summed E-state index contributed by atoms with van der Waals surface area (Å²) in [6, 6.07) is 13.0. The Balaban J connectivity index is 0.000000167. The van der Waals surface area contributed by atoms with Gasteiger partial charge in [-0.2, -0.15) is 9.97 Å². The van der Waals surface area contributed by atoms with E-state index in [0.717, 1.165) is 124 Å². The van der Waals surface area contributed by atoms with Gasteiger partial charge in [0.25, 0.3) is 0 Å². The SMILES string of the molecule is COc1nc2cc(N3CCOCC3)ccc2n1C(=O)CCCCCC1CC1.COc1nc2ccc(N3CCOCC3)cc2n1C(=O)CCCCCC1CC1. The number of benzene rings is 2. The first kappa shape index (κ1) is 38.1. The molecule has 0 radical (unpaired) electrons. The van der Waals surface area contributed by atoms with E-state index in [1.165, 1.54) is 51.4 Å². The Bertz CT molecular complexity index is 1850. The predicted molar refractivity (Wildman–Crippen MR) is 212 cm³/mol. The summed E-state index contributed by atoms with van der Waals surface area (Å²) in [4.78, 5) is 39.3. The van der Waals surface area contributed by atoms with Crippen LogP contribution in [0.3, 0.4) is 0 Å². The third-order valence-corrected chi connectivity index (χ3v) is 11.2. The van der Waals surface area contributed by atoms with Crippen molar-refractivity contribution in [2.45, 2.75) is 89.9 Å². The highest BCUT2D eigenvalue weighted by molar-refractivity contribution is 5.94. The molecule has 0 unspecified atom stereocenters. The van der Waals surface area contributed by atoms with Gasteiger partial charge in [0.1, 0.15) is 0 Å². The number of nitrogens with zero attached hydrogens (tertiary/aromatic N) is 6. The maximum absolute atomic E-state index is 12.9. The van der Waals surface area contributed by atoms with Crippen molar-refractivity contribution in [3.63, 3.8) is 0 Å². The van der Waals surface area contributed by atoms with Crippen molar-refractivity contribution in [2.75, 3.05) is 76.6 Å². The second kappa shape index (κ2) is 18.4. The van der Waals surface area contributed by atoms with Crippen LogP contribution in [0.25, 0.3) is 22.1 Å². The average Bonchev–Trinajstić information content (AvgIpc) is 4.15. The van der Waals surface area contributed by atoms with Crippen LogP contribution in [0, 0.1) is 11.8 Å². The van der Waals surface area contributed by atoms with Crippen LogP contribution in [-0.4, -0.2) is 97.7 Å². The number of anilines is 2. The second-order valence-corrected chi connectivity index (χ2v) is 15.3. The number of hydrogen-bond acceptors (Lipinski definition) is 10. The van der Waals surface area contributed by atoms with Crippen molar-refractivity contribution < 1.29 is 28.5 Å². The maximum Gasteiger partial charge on any atom is 0.304 e. The Morgan fingerprint density at radius 2 is 1.09 bits per heavy atom. The van der Waals surface area contributed by atoms with Crippen LogP contribution in [0.1, 0.15) is 99.5 Å². The van der Waals surface area contributed by atoms with Gasteiger partial charge in [-0.05, 0) is 61.1 Å². The topological polar surface area (TPSA) is 113 Å². The van der Waals surface area contributed by atoms with Crippen molar-refractivity contribution in [3.8, 4) is 12.0 Å². The largest absolute Gasteiger partial charge is 0.468 e. The van der Waals surface area contributed by atoms with Crippen LogP contribution in [0.5, 0.6) is 12.0 Å². The van der Waals surface area contributed by atoms with E-state index in [2.05, 4.69) is 38.0 Å². The summed E-state index contributed by atoms with van der Waals surface area (Å²) in [6.07, 6.45) is 15.9. The zero-order valence-corrected chi connectivity index (χ0v) is 32.3. The van der Waals surface area contributed by atoms with Crippen molar-refractivity contribution in [3.05, 3.63) is 36.4 Å². The highest BCUT2D eigenvalue weighted by Gasteiger charge is 2.23. The van der Waals surface area contributed by atoms with Crippen LogP contribution in [0.4, 0.5) is 11.4 Å². The van der Waals surface area contributed by atoms with Crippen molar-refractivity contribution in [1.29, 1.82) is 0 Å². The van der Waals surface area contributed by atoms with Gasteiger partial charge < -0.3 is 28.7 Å². The molecule has 0 amide bonds. The summed E-state index contributed by atoms with van der Waals surface area (Å²) in [5.74, 6) is 2.08. The molecule has 0 bridgehead atoms. The third kappa shape index (κ3) is 9.73. The minimum absolute atomic E-state index is 0.0693. The molecule has 12 nitrogen and oxygen atoms in total. The minimum atomic E-state index is 0.0693. The van der Waals surface area contributed by atoms with E-state index in [0.29, 0.717) is 24.9 Å². The lowest BCUT2D eigenvalue weighted by Crippen LogP contribution is -2.36. The molecule has 0 N–H and O–H groups in total. The number of carbonyl (C=O) groups is 2. The molecule has 2 aromatic carbocycles. The number of morpholine rings is 2. The van der Waals surface area contributed by atoms with Crippen molar-refractivity contribution in [2.24, 2.45) is 11.8 Å². The Kier molecular flexibility index (Phi) is 13.0. The summed E-state index contributed by atoms with van der Waals surface area (Å²) >= 11 is 0. The standard InChI is InChI=1S/2C21H29N3O3/c1-26-21-22-18-15-17(23-11-13-27-14-12-23)9-10-19(18)24(21)20(25)6-4-2-3-5-16-7-8-16;1-26-21-22-18-10-9-17(23-11-13-27-14-12-23)15-19(18)24(21)20(25)6-4-2-3-5-16-7-8-16/h2*9-10,15-16H,2-8,11-14H2,1H3. The van der Waals surface area contributed by atoms with Crippen molar-refractivity contribution >= 4 is 45.3 Å². The normalized spacial score (nSPS) is 17.4. The average molecular weight is 743 g/mol. The van der Waals surface area contributed by atoms with Gasteiger partial charge in [-0.15, -0.1) is 0 Å². The molecule has 2 aromatic heterocycles. The number of ether oxygens (including phenoxy) is 4. The van der Waals surface area contributed by atoms with Gasteiger partial charge in [-0.25, -0.2) is 9.13 Å². The van der Waals surface area contributed by atoms with E-state index in [-0.39, 0.29) is 11.8 Å². The Hall–Kier alpha value is -4.16. The molecule has 292 valence electrons. The molecule has 2 aliphatic carbocycles. The quantitative estimate of drug-likeness (QED) is 0.106. The first-order valence-corrected chi connectivity index (χ1v) is 20.4. The highest BCUT2D eigenvalue weighted by Crippen LogP contribution is 2.35. The number of fused-ring (bicyclic) bond motifs is 2. The monoisotopic (exact) mass is 742 g/mol. The van der Waals surface area contributed by atoms with E-state index in [9.17, 15) is 9.59 Å². The lowest BCUT2D eigenvalue weighted by Gasteiger charge is -2.28. The fourth-order valence-corrected chi connectivity index (χ4v) is 7.69. The first-order valence-electron chi connectivity index (χ1n) is 20.4. The van der Waals surface area contributed by atoms with Crippen LogP contribution < -0.4 is 19.3 Å². The number of unbranched alkanes of at least 4 members (excludes halogenated alkanes) is 4. The highest BCUT2D eigenvalue weighted by atomic mass is 16.5. The van der Waals surface area contributed by atoms with Crippen LogP contribution in [0.15, 0.2) is 36.4 Å². The molecule has 54 heavy (non-hydrogen) atoms. The molecule has 4 fully saturated rings. The molecule has 4 heterocycles. The zero-order valence-electron chi connectivity index (χ0n) is 32.3. The summed E-state index contributed by atoms with van der Waals surface area (Å²) in [5.41, 5.74) is 5.48. The van der Waals surface area contributed by atoms with Gasteiger partial charge in [0.15, 0.2) is 0 Å². The minimum Gasteiger partial charge on any atom is -0.468 e. The molecule has 12 heteroatoms. The summed E-state index contributed by atoms with van der Waals surface area (Å²) in [5, 5.41) is 0. The second-order valence-electron chi connectivity index (χ2n) is 15.3. The van der Waals surface area contributed by atoms with Crippen molar-refractivity contribution in [1.82, 2.24) is 19.1 Å². The van der Waals surface area contributed by atoms with E-state index in [1.54, 1.807) is 23.4 Å². The maximum atomic E-state index is 12.9. The molecule has 8 rings (SSSR count). The Labute approximate surface area is 319 Å². The molecule has 4 aromatic rings. The lowest BCUT2D eigenvalue weighted by molar-refractivity contribution is 0.0884. The van der Waals surface area contributed by atoms with Gasteiger partial charge in [0.05, 0.1) is 62.7 Å². The Morgan fingerprint density at radius 1 is 0.611 bits per heavy atom. The molecule has 2 aliphatic heterocycles. The van der Waals surface area contributed by atoms with Gasteiger partial charge in [0.2, 0.25) is 11.8 Å². The molecule has 2 saturated heterocycles. The Morgan fingerprint density at radius 3 is 1.61 bits per heavy atom. The predicted octanol–water partition coefficient (Wildman–Crippen LogP) is 7.76. The van der Waals surface area contributed by atoms with Crippen LogP contribution in [-0.2, 0) is 9.47 Å². The first-order chi connectivity index (χ1) is 26.5. The fourth-order valence-electron chi connectivity index (χ4n) is 7.69. The summed E-state index contributed by atoms with van der Waals surface area (Å²) < 4.78 is 25.0.